The molecular weight excluding hydrogens is 452 g/mol. The summed E-state index contributed by atoms with van der Waals surface area (Å²) in [6.45, 7) is 7.23. The van der Waals surface area contributed by atoms with Gasteiger partial charge < -0.3 is 25.6 Å². The summed E-state index contributed by atoms with van der Waals surface area (Å²) in [5.41, 5.74) is 3.54. The van der Waals surface area contributed by atoms with Crippen LogP contribution < -0.4 is 20.9 Å². The highest BCUT2D eigenvalue weighted by molar-refractivity contribution is 6.31. The van der Waals surface area contributed by atoms with Gasteiger partial charge in [0.25, 0.3) is 5.91 Å². The van der Waals surface area contributed by atoms with Gasteiger partial charge in [0.15, 0.2) is 0 Å². The van der Waals surface area contributed by atoms with Gasteiger partial charge in [-0.1, -0.05) is 24.6 Å². The number of benzene rings is 2. The zero-order valence-electron chi connectivity index (χ0n) is 19.8. The van der Waals surface area contributed by atoms with Crippen LogP contribution in [0.3, 0.4) is 0 Å². The number of anilines is 3. The Labute approximate surface area is 206 Å². The number of nitrogens with one attached hydrogen (secondary N) is 3. The first-order chi connectivity index (χ1) is 16.4. The number of nitrogens with zero attached hydrogens (tertiary/aromatic N) is 1. The van der Waals surface area contributed by atoms with Gasteiger partial charge in [-0.3, -0.25) is 4.79 Å². The highest BCUT2D eigenvalue weighted by atomic mass is 35.5. The van der Waals surface area contributed by atoms with Crippen LogP contribution in [0.2, 0.25) is 5.02 Å². The number of carbonyl (C=O) groups is 2. The third-order valence-corrected chi connectivity index (χ3v) is 6.97. The molecule has 0 bridgehead atoms. The number of aryl methyl sites for hydroxylation is 1. The Morgan fingerprint density at radius 1 is 1.06 bits per heavy atom. The molecule has 1 atom stereocenters. The van der Waals surface area contributed by atoms with E-state index < -0.39 is 6.03 Å². The van der Waals surface area contributed by atoms with Crippen LogP contribution in [-0.2, 0) is 4.74 Å². The van der Waals surface area contributed by atoms with Crippen molar-refractivity contribution < 1.29 is 14.3 Å². The van der Waals surface area contributed by atoms with Gasteiger partial charge in [0.05, 0.1) is 11.7 Å². The molecular formula is C26H33ClN4O3. The third kappa shape index (κ3) is 6.21. The summed E-state index contributed by atoms with van der Waals surface area (Å²) in [7, 11) is 0. The lowest BCUT2D eigenvalue weighted by Gasteiger charge is -2.33. The molecule has 7 nitrogen and oxygen atoms in total. The van der Waals surface area contributed by atoms with E-state index >= 15 is 0 Å². The fourth-order valence-electron chi connectivity index (χ4n) is 4.39. The number of urea groups is 1. The molecule has 0 aromatic heterocycles. The Morgan fingerprint density at radius 3 is 2.44 bits per heavy atom. The highest BCUT2D eigenvalue weighted by Gasteiger charge is 2.23. The van der Waals surface area contributed by atoms with Crippen molar-refractivity contribution in [2.45, 2.75) is 45.6 Å². The predicted octanol–water partition coefficient (Wildman–Crippen LogP) is 5.44. The Balaban J connectivity index is 1.49. The SMILES string of the molecule is Cc1ccc(NC(=O)Nc2ccc(N3CCC(C)CC3)c(C(=O)NC[C@H]3CCCO3)c2)cc1Cl. The topological polar surface area (TPSA) is 82.7 Å². The van der Waals surface area contributed by atoms with Crippen LogP contribution in [-0.4, -0.2) is 44.3 Å². The second-order valence-electron chi connectivity index (χ2n) is 9.29. The summed E-state index contributed by atoms with van der Waals surface area (Å²) >= 11 is 6.16. The number of carbonyl (C=O) groups excluding carboxylic acids is 2. The van der Waals surface area contributed by atoms with Gasteiger partial charge in [-0.25, -0.2) is 4.79 Å². The minimum absolute atomic E-state index is 0.0663. The maximum absolute atomic E-state index is 13.2. The van der Waals surface area contributed by atoms with Crippen molar-refractivity contribution in [2.75, 3.05) is 41.8 Å². The average molecular weight is 485 g/mol. The van der Waals surface area contributed by atoms with E-state index in [4.69, 9.17) is 16.3 Å². The molecule has 0 saturated carbocycles. The van der Waals surface area contributed by atoms with Gasteiger partial charge in [0.1, 0.15) is 0 Å². The molecule has 2 saturated heterocycles. The predicted molar refractivity (Wildman–Crippen MR) is 137 cm³/mol. The van der Waals surface area contributed by atoms with Crippen LogP contribution in [0.25, 0.3) is 0 Å². The molecule has 2 aliphatic heterocycles. The van der Waals surface area contributed by atoms with Gasteiger partial charge in [-0.2, -0.15) is 0 Å². The van der Waals surface area contributed by atoms with Crippen molar-refractivity contribution >= 4 is 40.6 Å². The van der Waals surface area contributed by atoms with E-state index in [2.05, 4.69) is 27.8 Å². The number of hydrogen-bond donors (Lipinski definition) is 3. The number of ether oxygens (including phenoxy) is 1. The van der Waals surface area contributed by atoms with E-state index in [1.807, 2.05) is 25.1 Å². The van der Waals surface area contributed by atoms with Crippen molar-refractivity contribution in [1.82, 2.24) is 5.32 Å². The second kappa shape index (κ2) is 11.1. The molecule has 0 spiro atoms. The van der Waals surface area contributed by atoms with E-state index in [1.54, 1.807) is 18.2 Å². The fraction of sp³-hybridized carbons (Fsp3) is 0.462. The van der Waals surface area contributed by atoms with Crippen LogP contribution in [0, 0.1) is 12.8 Å². The molecule has 3 amide bonds. The summed E-state index contributed by atoms with van der Waals surface area (Å²) in [4.78, 5) is 28.0. The molecule has 2 aromatic carbocycles. The maximum Gasteiger partial charge on any atom is 0.323 e. The lowest BCUT2D eigenvalue weighted by molar-refractivity contribution is 0.0858. The van der Waals surface area contributed by atoms with Gasteiger partial charge in [0.2, 0.25) is 0 Å². The minimum Gasteiger partial charge on any atom is -0.376 e. The minimum atomic E-state index is -0.398. The molecule has 34 heavy (non-hydrogen) atoms. The lowest BCUT2D eigenvalue weighted by Crippen LogP contribution is -2.36. The molecule has 2 fully saturated rings. The number of hydrogen-bond acceptors (Lipinski definition) is 4. The highest BCUT2D eigenvalue weighted by Crippen LogP contribution is 2.29. The molecule has 0 unspecified atom stereocenters. The van der Waals surface area contributed by atoms with Gasteiger partial charge in [0, 0.05) is 48.3 Å². The van der Waals surface area contributed by atoms with Crippen molar-refractivity contribution in [3.8, 4) is 0 Å². The normalized spacial score (nSPS) is 18.6. The largest absolute Gasteiger partial charge is 0.376 e. The number of halogens is 1. The van der Waals surface area contributed by atoms with Crippen molar-refractivity contribution in [2.24, 2.45) is 5.92 Å². The van der Waals surface area contributed by atoms with E-state index in [9.17, 15) is 9.59 Å². The summed E-state index contributed by atoms with van der Waals surface area (Å²) in [6, 6.07) is 10.5. The van der Waals surface area contributed by atoms with Crippen LogP contribution in [0.15, 0.2) is 36.4 Å². The zero-order valence-corrected chi connectivity index (χ0v) is 20.6. The zero-order chi connectivity index (χ0) is 24.1. The second-order valence-corrected chi connectivity index (χ2v) is 9.70. The lowest BCUT2D eigenvalue weighted by atomic mass is 9.97. The Bertz CT molecular complexity index is 1030. The van der Waals surface area contributed by atoms with Gasteiger partial charge in [-0.05, 0) is 74.4 Å². The van der Waals surface area contributed by atoms with Crippen LogP contribution >= 0.6 is 11.6 Å². The Hall–Kier alpha value is -2.77. The first-order valence-corrected chi connectivity index (χ1v) is 12.4. The van der Waals surface area contributed by atoms with E-state index in [1.165, 1.54) is 0 Å². The Kier molecular flexibility index (Phi) is 7.95. The summed E-state index contributed by atoms with van der Waals surface area (Å²) < 4.78 is 5.65. The molecule has 0 radical (unpaired) electrons. The van der Waals surface area contributed by atoms with Crippen LogP contribution in [0.4, 0.5) is 21.9 Å². The van der Waals surface area contributed by atoms with E-state index in [0.29, 0.717) is 34.4 Å². The molecule has 0 aliphatic carbocycles. The molecule has 8 heteroatoms. The number of rotatable bonds is 6. The third-order valence-electron chi connectivity index (χ3n) is 6.57. The smallest absolute Gasteiger partial charge is 0.323 e. The molecule has 3 N–H and O–H groups in total. The van der Waals surface area contributed by atoms with E-state index in [0.717, 1.165) is 56.6 Å². The maximum atomic E-state index is 13.2. The monoisotopic (exact) mass is 484 g/mol. The Morgan fingerprint density at radius 2 is 1.76 bits per heavy atom. The summed E-state index contributed by atoms with van der Waals surface area (Å²) in [5.74, 6) is 0.534. The molecule has 182 valence electrons. The van der Waals surface area contributed by atoms with Gasteiger partial charge >= 0.3 is 6.03 Å². The average Bonchev–Trinajstić information content (AvgIpc) is 3.34. The van der Waals surface area contributed by atoms with Gasteiger partial charge in [-0.15, -0.1) is 0 Å². The fourth-order valence-corrected chi connectivity index (χ4v) is 4.57. The van der Waals surface area contributed by atoms with Crippen LogP contribution in [0.1, 0.15) is 48.5 Å². The summed E-state index contributed by atoms with van der Waals surface area (Å²) in [6.07, 6.45) is 4.24. The van der Waals surface area contributed by atoms with E-state index in [-0.39, 0.29) is 12.0 Å². The number of piperidine rings is 1. The number of amides is 3. The molecule has 2 heterocycles. The van der Waals surface area contributed by atoms with Crippen molar-refractivity contribution in [3.63, 3.8) is 0 Å². The van der Waals surface area contributed by atoms with Crippen LogP contribution in [0.5, 0.6) is 0 Å². The first kappa shape index (κ1) is 24.4. The molecule has 2 aromatic rings. The van der Waals surface area contributed by atoms with Crippen molar-refractivity contribution in [1.29, 1.82) is 0 Å². The van der Waals surface area contributed by atoms with Crippen molar-refractivity contribution in [3.05, 3.63) is 52.5 Å². The standard InChI is InChI=1S/C26H33ClN4O3/c1-17-9-11-31(12-10-17)24-8-7-19(14-22(24)25(32)28-16-21-4-3-13-34-21)29-26(33)30-20-6-5-18(2)23(27)15-20/h5-8,14-15,17,21H,3-4,9-13,16H2,1-2H3,(H,28,32)(H2,29,30,33)/t21-/m1/s1. The molecule has 4 rings (SSSR count). The molecule has 2 aliphatic rings. The first-order valence-electron chi connectivity index (χ1n) is 12.0. The quantitative estimate of drug-likeness (QED) is 0.510. The summed E-state index contributed by atoms with van der Waals surface area (Å²) in [5, 5.41) is 9.24.